The van der Waals surface area contributed by atoms with Crippen LogP contribution in [0.25, 0.3) is 0 Å². The Morgan fingerprint density at radius 1 is 0.970 bits per heavy atom. The lowest BCUT2D eigenvalue weighted by molar-refractivity contribution is -0.259. The number of benzene rings is 1. The summed E-state index contributed by atoms with van der Waals surface area (Å²) in [6.07, 6.45) is 7.19. The highest BCUT2D eigenvalue weighted by Crippen LogP contribution is 2.75. The summed E-state index contributed by atoms with van der Waals surface area (Å²) in [6.45, 7) is 4.34. The molecule has 6 aliphatic rings. The van der Waals surface area contributed by atoms with Crippen molar-refractivity contribution in [3.63, 3.8) is 0 Å². The second-order valence-corrected chi connectivity index (χ2v) is 10.3. The van der Waals surface area contributed by atoms with Gasteiger partial charge in [-0.25, -0.2) is 0 Å². The van der Waals surface area contributed by atoms with Gasteiger partial charge in [0.25, 0.3) is 0 Å². The van der Waals surface area contributed by atoms with Gasteiger partial charge in [0.2, 0.25) is 0 Å². The Hall–Kier alpha value is -1.38. The topological polar surface area (TPSA) is 67.4 Å². The maximum atomic E-state index is 6.88. The van der Waals surface area contributed by atoms with Gasteiger partial charge in [-0.3, -0.25) is 5.32 Å². The highest BCUT2D eigenvalue weighted by molar-refractivity contribution is 5.63. The maximum absolute atomic E-state index is 6.88. The van der Waals surface area contributed by atoms with Crippen LogP contribution in [0.2, 0.25) is 0 Å². The third-order valence-electron chi connectivity index (χ3n) is 9.33. The number of hydrogen-bond acceptors (Lipinski definition) is 7. The van der Waals surface area contributed by atoms with Crippen molar-refractivity contribution in [3.8, 4) is 11.5 Å². The largest absolute Gasteiger partial charge is 0.487 e. The van der Waals surface area contributed by atoms with Crippen molar-refractivity contribution in [1.29, 1.82) is 0 Å². The van der Waals surface area contributed by atoms with E-state index in [0.29, 0.717) is 45.6 Å². The van der Waals surface area contributed by atoms with Crippen LogP contribution in [-0.4, -0.2) is 72.2 Å². The van der Waals surface area contributed by atoms with Gasteiger partial charge >= 0.3 is 0 Å². The van der Waals surface area contributed by atoms with Crippen molar-refractivity contribution in [2.45, 2.75) is 55.8 Å². The highest BCUT2D eigenvalue weighted by atomic mass is 16.6. The first-order chi connectivity index (χ1) is 16.2. The molecule has 2 aliphatic heterocycles. The van der Waals surface area contributed by atoms with Gasteiger partial charge in [0, 0.05) is 37.0 Å². The molecule has 3 saturated carbocycles. The zero-order chi connectivity index (χ0) is 22.5. The van der Waals surface area contributed by atoms with E-state index in [9.17, 15) is 0 Å². The molecule has 1 aromatic carbocycles. The first-order valence-corrected chi connectivity index (χ1v) is 12.6. The predicted molar refractivity (Wildman–Crippen MR) is 122 cm³/mol. The number of piperidine rings is 1. The summed E-state index contributed by atoms with van der Waals surface area (Å²) in [5.74, 6) is 2.51. The Morgan fingerprint density at radius 3 is 2.48 bits per heavy atom. The zero-order valence-corrected chi connectivity index (χ0v) is 20.0. The Labute approximate surface area is 196 Å². The Bertz CT molecular complexity index is 884. The van der Waals surface area contributed by atoms with Crippen molar-refractivity contribution >= 4 is 0 Å². The molecule has 7 rings (SSSR count). The van der Waals surface area contributed by atoms with E-state index in [1.54, 1.807) is 7.11 Å². The molecule has 33 heavy (non-hydrogen) atoms. The second-order valence-electron chi connectivity index (χ2n) is 10.3. The standard InChI is InChI=1S/C26H37NO6/c1-28-11-12-30-13-14-31-15-16-32-20-4-3-19-17-26(29-2)24-7-5-18(6-8-24)23-25(24,9-10-27-26)21(19)22(20)33-23/h3-4,18,23,27H,5-17H2,1-2H3. The van der Waals surface area contributed by atoms with E-state index in [1.807, 2.05) is 7.11 Å². The van der Waals surface area contributed by atoms with Crippen LogP contribution in [0.15, 0.2) is 12.1 Å². The number of hydrogen-bond donors (Lipinski definition) is 1. The van der Waals surface area contributed by atoms with Crippen molar-refractivity contribution < 1.29 is 28.4 Å². The number of fused-ring (bicyclic) bond motifs is 2. The minimum Gasteiger partial charge on any atom is -0.487 e. The van der Waals surface area contributed by atoms with Gasteiger partial charge in [0.05, 0.1) is 33.0 Å². The lowest BCUT2D eigenvalue weighted by Gasteiger charge is -2.71. The molecule has 4 aliphatic carbocycles. The van der Waals surface area contributed by atoms with Gasteiger partial charge in [-0.15, -0.1) is 0 Å². The molecule has 182 valence electrons. The van der Waals surface area contributed by atoms with Crippen molar-refractivity contribution in [3.05, 3.63) is 23.3 Å². The van der Waals surface area contributed by atoms with E-state index in [4.69, 9.17) is 28.4 Å². The predicted octanol–water partition coefficient (Wildman–Crippen LogP) is 2.83. The fraction of sp³-hybridized carbons (Fsp3) is 0.769. The molecule has 1 N–H and O–H groups in total. The molecule has 7 nitrogen and oxygen atoms in total. The molecule has 2 heterocycles. The zero-order valence-electron chi connectivity index (χ0n) is 20.0. The van der Waals surface area contributed by atoms with Gasteiger partial charge in [-0.2, -0.15) is 0 Å². The average Bonchev–Trinajstić information content (AvgIpc) is 3.20. The molecule has 0 radical (unpaired) electrons. The smallest absolute Gasteiger partial charge is 0.165 e. The van der Waals surface area contributed by atoms with Crippen molar-refractivity contribution in [2.24, 2.45) is 11.3 Å². The van der Waals surface area contributed by atoms with E-state index >= 15 is 0 Å². The molecule has 7 heteroatoms. The van der Waals surface area contributed by atoms with Crippen LogP contribution in [0.5, 0.6) is 11.5 Å². The second kappa shape index (κ2) is 8.38. The Balaban J connectivity index is 1.22. The molecule has 1 saturated heterocycles. The molecule has 1 aromatic rings. The van der Waals surface area contributed by atoms with Crippen LogP contribution in [0, 0.1) is 11.3 Å². The van der Waals surface area contributed by atoms with Crippen molar-refractivity contribution in [2.75, 3.05) is 60.4 Å². The minimum atomic E-state index is -0.283. The van der Waals surface area contributed by atoms with Crippen LogP contribution in [-0.2, 0) is 30.8 Å². The summed E-state index contributed by atoms with van der Waals surface area (Å²) in [5, 5.41) is 3.85. The summed E-state index contributed by atoms with van der Waals surface area (Å²) < 4.78 is 35.6. The molecule has 4 fully saturated rings. The van der Waals surface area contributed by atoms with E-state index in [1.165, 1.54) is 36.8 Å². The fourth-order valence-corrected chi connectivity index (χ4v) is 8.15. The van der Waals surface area contributed by atoms with Crippen LogP contribution < -0.4 is 14.8 Å². The average molecular weight is 460 g/mol. The van der Waals surface area contributed by atoms with Crippen molar-refractivity contribution in [1.82, 2.24) is 5.32 Å². The van der Waals surface area contributed by atoms with E-state index in [0.717, 1.165) is 30.9 Å². The lowest BCUT2D eigenvalue weighted by Crippen LogP contribution is -2.80. The number of methoxy groups -OCH3 is 2. The molecule has 4 bridgehead atoms. The van der Waals surface area contributed by atoms with E-state index in [2.05, 4.69) is 17.4 Å². The third kappa shape index (κ3) is 2.92. The van der Waals surface area contributed by atoms with Gasteiger partial charge in [-0.05, 0) is 56.2 Å². The molecule has 0 amide bonds. The summed E-state index contributed by atoms with van der Waals surface area (Å²) >= 11 is 0. The first-order valence-electron chi connectivity index (χ1n) is 12.6. The van der Waals surface area contributed by atoms with Crippen LogP contribution >= 0.6 is 0 Å². The van der Waals surface area contributed by atoms with Crippen LogP contribution in [0.4, 0.5) is 0 Å². The SMILES string of the molecule is COCCOCCOCCOc1ccc2c3c1OC1C4CCC5(CC4)C(OC)(C2)NCCC315. The van der Waals surface area contributed by atoms with Gasteiger partial charge in [0.1, 0.15) is 18.4 Å². The van der Waals surface area contributed by atoms with E-state index < -0.39 is 0 Å². The quantitative estimate of drug-likeness (QED) is 0.511. The third-order valence-corrected chi connectivity index (χ3v) is 9.33. The number of nitrogens with one attached hydrogen (secondary N) is 1. The van der Waals surface area contributed by atoms with Crippen LogP contribution in [0.1, 0.15) is 43.2 Å². The normalized spacial score (nSPS) is 37.0. The fourth-order valence-electron chi connectivity index (χ4n) is 8.15. The molecule has 2 spiro atoms. The van der Waals surface area contributed by atoms with Gasteiger partial charge < -0.3 is 28.4 Å². The lowest BCUT2D eigenvalue weighted by atomic mass is 9.37. The Morgan fingerprint density at radius 2 is 1.73 bits per heavy atom. The molecule has 0 aromatic heterocycles. The highest BCUT2D eigenvalue weighted by Gasteiger charge is 2.78. The monoisotopic (exact) mass is 459 g/mol. The first kappa shape index (κ1) is 22.1. The number of rotatable bonds is 11. The van der Waals surface area contributed by atoms with Gasteiger partial charge in [-0.1, -0.05) is 6.07 Å². The van der Waals surface area contributed by atoms with Gasteiger partial charge in [0.15, 0.2) is 11.5 Å². The summed E-state index contributed by atoms with van der Waals surface area (Å²) in [4.78, 5) is 0. The number of ether oxygens (including phenoxy) is 6. The molecule has 3 atom stereocenters. The summed E-state index contributed by atoms with van der Waals surface area (Å²) in [5.41, 5.74) is 2.68. The summed E-state index contributed by atoms with van der Waals surface area (Å²) in [7, 11) is 3.57. The Kier molecular flexibility index (Phi) is 5.61. The maximum Gasteiger partial charge on any atom is 0.165 e. The molecule has 3 unspecified atom stereocenters. The molecular formula is C26H37NO6. The van der Waals surface area contributed by atoms with Crippen LogP contribution in [0.3, 0.4) is 0 Å². The van der Waals surface area contributed by atoms with E-state index in [-0.39, 0.29) is 22.7 Å². The summed E-state index contributed by atoms with van der Waals surface area (Å²) in [6, 6.07) is 4.34. The molecular weight excluding hydrogens is 422 g/mol. The minimum absolute atomic E-state index is 0.0494.